The van der Waals surface area contributed by atoms with Crippen molar-refractivity contribution in [1.82, 2.24) is 9.80 Å². The van der Waals surface area contributed by atoms with Crippen LogP contribution in [-0.4, -0.2) is 67.6 Å². The number of rotatable bonds is 3. The Balaban J connectivity index is 1.64. The first kappa shape index (κ1) is 17.7. The third-order valence-electron chi connectivity index (χ3n) is 5.27. The molecule has 1 aromatic rings. The van der Waals surface area contributed by atoms with Gasteiger partial charge in [0.05, 0.1) is 7.11 Å². The van der Waals surface area contributed by atoms with Crippen molar-refractivity contribution in [3.63, 3.8) is 0 Å². The number of carbonyl (C=O) groups is 2. The lowest BCUT2D eigenvalue weighted by Gasteiger charge is -2.36. The van der Waals surface area contributed by atoms with Crippen molar-refractivity contribution < 1.29 is 19.1 Å². The second-order valence-electron chi connectivity index (χ2n) is 6.68. The average molecular weight is 346 g/mol. The fourth-order valence-electron chi connectivity index (χ4n) is 3.52. The van der Waals surface area contributed by atoms with Gasteiger partial charge in [0.1, 0.15) is 11.9 Å². The van der Waals surface area contributed by atoms with Gasteiger partial charge in [0.15, 0.2) is 0 Å². The molecule has 2 aliphatic heterocycles. The van der Waals surface area contributed by atoms with E-state index in [2.05, 4.69) is 0 Å². The van der Waals surface area contributed by atoms with Crippen LogP contribution >= 0.6 is 0 Å². The van der Waals surface area contributed by atoms with Gasteiger partial charge in [-0.15, -0.1) is 0 Å². The smallest absolute Gasteiger partial charge is 0.254 e. The van der Waals surface area contributed by atoms with Crippen LogP contribution in [0.4, 0.5) is 0 Å². The predicted molar refractivity (Wildman–Crippen MR) is 93.9 cm³/mol. The minimum atomic E-state index is -0.284. The first-order valence-electron chi connectivity index (χ1n) is 8.86. The van der Waals surface area contributed by atoms with Crippen LogP contribution in [0.15, 0.2) is 12.1 Å². The molecule has 0 N–H and O–H groups in total. The number of hydrogen-bond acceptors (Lipinski definition) is 4. The molecule has 0 aliphatic carbocycles. The maximum atomic E-state index is 12.9. The van der Waals surface area contributed by atoms with Crippen molar-refractivity contribution in [3.05, 3.63) is 28.8 Å². The van der Waals surface area contributed by atoms with Crippen molar-refractivity contribution in [2.24, 2.45) is 0 Å². The van der Waals surface area contributed by atoms with Crippen LogP contribution in [0, 0.1) is 13.8 Å². The van der Waals surface area contributed by atoms with E-state index in [1.165, 1.54) is 0 Å². The molecule has 6 nitrogen and oxygen atoms in total. The number of ether oxygens (including phenoxy) is 2. The van der Waals surface area contributed by atoms with Gasteiger partial charge in [-0.05, 0) is 49.9 Å². The molecular formula is C19H26N2O4. The summed E-state index contributed by atoms with van der Waals surface area (Å²) >= 11 is 0. The van der Waals surface area contributed by atoms with Crippen LogP contribution in [0.2, 0.25) is 0 Å². The molecule has 1 unspecified atom stereocenters. The Morgan fingerprint density at radius 3 is 2.36 bits per heavy atom. The predicted octanol–water partition coefficient (Wildman–Crippen LogP) is 1.78. The minimum absolute atomic E-state index is 0.0208. The van der Waals surface area contributed by atoms with Gasteiger partial charge in [-0.2, -0.15) is 0 Å². The molecule has 25 heavy (non-hydrogen) atoms. The molecule has 0 radical (unpaired) electrons. The van der Waals surface area contributed by atoms with Crippen LogP contribution in [0.3, 0.4) is 0 Å². The van der Waals surface area contributed by atoms with E-state index >= 15 is 0 Å². The normalized spacial score (nSPS) is 20.7. The molecular weight excluding hydrogens is 320 g/mol. The first-order valence-corrected chi connectivity index (χ1v) is 8.86. The molecule has 0 aromatic heterocycles. The van der Waals surface area contributed by atoms with Gasteiger partial charge < -0.3 is 19.3 Å². The Hall–Kier alpha value is -2.08. The highest BCUT2D eigenvalue weighted by atomic mass is 16.5. The summed E-state index contributed by atoms with van der Waals surface area (Å²) < 4.78 is 10.8. The Morgan fingerprint density at radius 2 is 1.76 bits per heavy atom. The zero-order chi connectivity index (χ0) is 18.0. The van der Waals surface area contributed by atoms with Crippen molar-refractivity contribution in [3.8, 4) is 5.75 Å². The van der Waals surface area contributed by atoms with Gasteiger partial charge in [-0.25, -0.2) is 0 Å². The summed E-state index contributed by atoms with van der Waals surface area (Å²) in [5.41, 5.74) is 2.64. The highest BCUT2D eigenvalue weighted by Gasteiger charge is 2.31. The van der Waals surface area contributed by atoms with Crippen LogP contribution in [0.1, 0.15) is 34.3 Å². The van der Waals surface area contributed by atoms with E-state index in [0.717, 1.165) is 29.7 Å². The number of piperazine rings is 1. The zero-order valence-electron chi connectivity index (χ0n) is 15.2. The molecule has 2 heterocycles. The first-order chi connectivity index (χ1) is 12.0. The summed E-state index contributed by atoms with van der Waals surface area (Å²) in [5, 5.41) is 0. The number of nitrogens with zero attached hydrogens (tertiary/aromatic N) is 2. The molecule has 0 spiro atoms. The number of benzene rings is 1. The molecule has 0 bridgehead atoms. The zero-order valence-corrected chi connectivity index (χ0v) is 15.2. The number of carbonyl (C=O) groups excluding carboxylic acids is 2. The summed E-state index contributed by atoms with van der Waals surface area (Å²) in [5.74, 6) is 0.884. The topological polar surface area (TPSA) is 59.1 Å². The Kier molecular flexibility index (Phi) is 5.27. The van der Waals surface area contributed by atoms with E-state index in [0.29, 0.717) is 38.3 Å². The van der Waals surface area contributed by atoms with Crippen molar-refractivity contribution in [1.29, 1.82) is 0 Å². The Labute approximate surface area is 148 Å². The quantitative estimate of drug-likeness (QED) is 0.837. The number of hydrogen-bond donors (Lipinski definition) is 0. The molecule has 1 aromatic carbocycles. The fraction of sp³-hybridized carbons (Fsp3) is 0.579. The Morgan fingerprint density at radius 1 is 1.08 bits per heavy atom. The lowest BCUT2D eigenvalue weighted by atomic mass is 10.0. The largest absolute Gasteiger partial charge is 0.496 e. The third-order valence-corrected chi connectivity index (χ3v) is 5.27. The van der Waals surface area contributed by atoms with Crippen molar-refractivity contribution in [2.75, 3.05) is 39.9 Å². The van der Waals surface area contributed by atoms with Gasteiger partial charge in [0.25, 0.3) is 11.8 Å². The summed E-state index contributed by atoms with van der Waals surface area (Å²) in [7, 11) is 1.63. The minimum Gasteiger partial charge on any atom is -0.496 e. The standard InChI is InChI=1S/C19H26N2O4/c1-13-14(2)16(24-3)7-6-15(13)18(22)20-8-10-21(11-9-20)19(23)17-5-4-12-25-17/h6-7,17H,4-5,8-12H2,1-3H3. The second-order valence-corrected chi connectivity index (χ2v) is 6.68. The highest BCUT2D eigenvalue weighted by Crippen LogP contribution is 2.25. The SMILES string of the molecule is COc1ccc(C(=O)N2CCN(C(=O)C3CCCO3)CC2)c(C)c1C. The van der Waals surface area contributed by atoms with Crippen molar-refractivity contribution >= 4 is 11.8 Å². The van der Waals surface area contributed by atoms with E-state index in [4.69, 9.17) is 9.47 Å². The maximum Gasteiger partial charge on any atom is 0.254 e. The van der Waals surface area contributed by atoms with Crippen LogP contribution in [-0.2, 0) is 9.53 Å². The van der Waals surface area contributed by atoms with Gasteiger partial charge in [0.2, 0.25) is 0 Å². The number of amides is 2. The van der Waals surface area contributed by atoms with Crippen molar-refractivity contribution in [2.45, 2.75) is 32.8 Å². The lowest BCUT2D eigenvalue weighted by molar-refractivity contribution is -0.142. The molecule has 136 valence electrons. The monoisotopic (exact) mass is 346 g/mol. The second kappa shape index (κ2) is 7.44. The summed E-state index contributed by atoms with van der Waals surface area (Å²) in [6.45, 7) is 6.83. The molecule has 1 atom stereocenters. The van der Waals surface area contributed by atoms with Gasteiger partial charge in [0, 0.05) is 38.3 Å². The molecule has 2 fully saturated rings. The number of methoxy groups -OCH3 is 1. The average Bonchev–Trinajstić information content (AvgIpc) is 3.17. The highest BCUT2D eigenvalue weighted by molar-refractivity contribution is 5.96. The molecule has 0 saturated carbocycles. The molecule has 2 amide bonds. The van der Waals surface area contributed by atoms with E-state index in [9.17, 15) is 9.59 Å². The summed E-state index contributed by atoms with van der Waals surface area (Å²) in [4.78, 5) is 28.9. The molecule has 2 saturated heterocycles. The van der Waals surface area contributed by atoms with E-state index in [-0.39, 0.29) is 17.9 Å². The molecule has 3 rings (SSSR count). The van der Waals surface area contributed by atoms with Crippen LogP contribution in [0.25, 0.3) is 0 Å². The van der Waals surface area contributed by atoms with Crippen LogP contribution in [0.5, 0.6) is 5.75 Å². The van der Waals surface area contributed by atoms with Crippen LogP contribution < -0.4 is 4.74 Å². The third kappa shape index (κ3) is 3.49. The Bertz CT molecular complexity index is 660. The van der Waals surface area contributed by atoms with E-state index in [1.54, 1.807) is 7.11 Å². The van der Waals surface area contributed by atoms with Gasteiger partial charge in [-0.1, -0.05) is 0 Å². The molecule has 2 aliphatic rings. The van der Waals surface area contributed by atoms with Gasteiger partial charge >= 0.3 is 0 Å². The summed E-state index contributed by atoms with van der Waals surface area (Å²) in [6.07, 6.45) is 1.47. The van der Waals surface area contributed by atoms with E-state index in [1.807, 2.05) is 35.8 Å². The van der Waals surface area contributed by atoms with Gasteiger partial charge in [-0.3, -0.25) is 9.59 Å². The molecule has 6 heteroatoms. The lowest BCUT2D eigenvalue weighted by Crippen LogP contribution is -2.52. The summed E-state index contributed by atoms with van der Waals surface area (Å²) in [6, 6.07) is 3.67. The fourth-order valence-corrected chi connectivity index (χ4v) is 3.52. The maximum absolute atomic E-state index is 12.9. The van der Waals surface area contributed by atoms with E-state index < -0.39 is 0 Å².